The van der Waals surface area contributed by atoms with E-state index in [9.17, 15) is 8.42 Å². The van der Waals surface area contributed by atoms with Gasteiger partial charge < -0.3 is 0 Å². The van der Waals surface area contributed by atoms with Crippen molar-refractivity contribution in [3.05, 3.63) is 64.3 Å². The number of benzene rings is 2. The van der Waals surface area contributed by atoms with Crippen molar-refractivity contribution in [2.45, 2.75) is 11.4 Å². The van der Waals surface area contributed by atoms with Gasteiger partial charge in [0.1, 0.15) is 5.01 Å². The van der Waals surface area contributed by atoms with Gasteiger partial charge in [-0.05, 0) is 29.0 Å². The summed E-state index contributed by atoms with van der Waals surface area (Å²) in [5.41, 5.74) is 2.58. The maximum Gasteiger partial charge on any atom is 0.265 e. The molecule has 0 amide bonds. The zero-order valence-corrected chi connectivity index (χ0v) is 15.4. The van der Waals surface area contributed by atoms with Crippen LogP contribution in [-0.2, 0) is 16.6 Å². The average molecular weight is 385 g/mol. The number of sulfonamides is 1. The number of hydrogen-bond donors (Lipinski definition) is 0. The third-order valence-corrected chi connectivity index (χ3v) is 7.73. The second-order valence-electron chi connectivity index (χ2n) is 5.80. The normalized spacial score (nSPS) is 15.1. The van der Waals surface area contributed by atoms with Gasteiger partial charge in [-0.1, -0.05) is 24.3 Å². The van der Waals surface area contributed by atoms with Gasteiger partial charge in [0.15, 0.2) is 0 Å². The van der Waals surface area contributed by atoms with Crippen LogP contribution in [0, 0.1) is 0 Å². The van der Waals surface area contributed by atoms with Crippen molar-refractivity contribution in [3.63, 3.8) is 0 Å². The van der Waals surface area contributed by atoms with Gasteiger partial charge in [0.25, 0.3) is 10.0 Å². The van der Waals surface area contributed by atoms with Crippen LogP contribution < -0.4 is 4.31 Å². The van der Waals surface area contributed by atoms with E-state index < -0.39 is 10.0 Å². The maximum absolute atomic E-state index is 13.0. The number of anilines is 1. The molecule has 0 radical (unpaired) electrons. The lowest BCUT2D eigenvalue weighted by atomic mass is 10.1. The highest BCUT2D eigenvalue weighted by Gasteiger charge is 2.35. The fraction of sp³-hybridized carbons (Fsp3) is 0.0556. The minimum atomic E-state index is -3.54. The quantitative estimate of drug-likeness (QED) is 0.513. The summed E-state index contributed by atoms with van der Waals surface area (Å²) in [6.45, 7) is 0.247. The molecule has 0 fully saturated rings. The lowest BCUT2D eigenvalue weighted by molar-refractivity contribution is 0.593. The predicted octanol–water partition coefficient (Wildman–Crippen LogP) is 4.73. The zero-order chi connectivity index (χ0) is 17.0. The van der Waals surface area contributed by atoms with E-state index in [1.54, 1.807) is 34.8 Å². The number of nitrogens with zero attached hydrogens (tertiary/aromatic N) is 2. The first-order valence-electron chi connectivity index (χ1n) is 7.66. The largest absolute Gasteiger partial charge is 0.265 e. The Hall–Kier alpha value is -2.22. The summed E-state index contributed by atoms with van der Waals surface area (Å²) in [4.78, 5) is 5.01. The molecule has 1 aliphatic rings. The third-order valence-electron chi connectivity index (χ3n) is 4.31. The van der Waals surface area contributed by atoms with E-state index in [1.807, 2.05) is 46.5 Å². The summed E-state index contributed by atoms with van der Waals surface area (Å²) in [7, 11) is -3.54. The van der Waals surface area contributed by atoms with E-state index in [1.165, 1.54) is 4.31 Å². The topological polar surface area (TPSA) is 50.3 Å². The minimum absolute atomic E-state index is 0.247. The first kappa shape index (κ1) is 15.1. The van der Waals surface area contributed by atoms with Crippen LogP contribution in [0.2, 0.25) is 0 Å². The van der Waals surface area contributed by atoms with Crippen molar-refractivity contribution in [2.75, 3.05) is 4.31 Å². The Bertz CT molecular complexity index is 1190. The molecule has 3 heterocycles. The molecule has 5 rings (SSSR count). The van der Waals surface area contributed by atoms with Crippen LogP contribution in [0.3, 0.4) is 0 Å². The van der Waals surface area contributed by atoms with Crippen LogP contribution in [0.1, 0.15) is 5.69 Å². The van der Waals surface area contributed by atoms with Crippen LogP contribution in [0.5, 0.6) is 0 Å². The van der Waals surface area contributed by atoms with Crippen LogP contribution in [0.15, 0.2) is 63.5 Å². The van der Waals surface area contributed by atoms with E-state index in [2.05, 4.69) is 4.98 Å². The second-order valence-corrected chi connectivity index (χ2v) is 9.27. The van der Waals surface area contributed by atoms with E-state index in [-0.39, 0.29) is 6.54 Å². The van der Waals surface area contributed by atoms with E-state index in [0.29, 0.717) is 4.90 Å². The molecular formula is C18H12N2O2S3. The van der Waals surface area contributed by atoms with Crippen LogP contribution in [-0.4, -0.2) is 13.4 Å². The molecule has 0 saturated carbocycles. The smallest absolute Gasteiger partial charge is 0.260 e. The van der Waals surface area contributed by atoms with Gasteiger partial charge in [-0.2, -0.15) is 11.3 Å². The van der Waals surface area contributed by atoms with Gasteiger partial charge in [0.05, 0.1) is 22.8 Å². The Kier molecular flexibility index (Phi) is 3.25. The van der Waals surface area contributed by atoms with E-state index >= 15 is 0 Å². The fourth-order valence-electron chi connectivity index (χ4n) is 3.17. The van der Waals surface area contributed by atoms with Crippen molar-refractivity contribution in [3.8, 4) is 10.6 Å². The molecule has 0 bridgehead atoms. The number of hydrogen-bond acceptors (Lipinski definition) is 5. The van der Waals surface area contributed by atoms with Gasteiger partial charge in [0.2, 0.25) is 0 Å². The molecule has 4 aromatic rings. The highest BCUT2D eigenvalue weighted by atomic mass is 32.2. The Morgan fingerprint density at radius 3 is 2.68 bits per heavy atom. The summed E-state index contributed by atoms with van der Waals surface area (Å²) in [6.07, 6.45) is 0. The SMILES string of the molecule is O=S1(=O)c2cccc3cccc(c23)N1Cc1csc(-c2ccsc2)n1. The van der Waals surface area contributed by atoms with Crippen LogP contribution >= 0.6 is 22.7 Å². The van der Waals surface area contributed by atoms with Gasteiger partial charge in [0, 0.05) is 21.7 Å². The molecule has 4 nitrogen and oxygen atoms in total. The molecule has 7 heteroatoms. The summed E-state index contributed by atoms with van der Waals surface area (Å²) >= 11 is 3.17. The van der Waals surface area contributed by atoms with E-state index in [0.717, 1.165) is 32.7 Å². The lowest BCUT2D eigenvalue weighted by Gasteiger charge is -2.17. The monoisotopic (exact) mass is 384 g/mol. The number of thiazole rings is 1. The summed E-state index contributed by atoms with van der Waals surface area (Å²) in [6, 6.07) is 13.1. The fourth-order valence-corrected chi connectivity index (χ4v) is 6.38. The number of thiophene rings is 1. The molecule has 2 aromatic heterocycles. The molecule has 0 atom stereocenters. The maximum atomic E-state index is 13.0. The zero-order valence-electron chi connectivity index (χ0n) is 12.9. The van der Waals surface area contributed by atoms with Crippen molar-refractivity contribution >= 4 is 49.2 Å². The molecule has 25 heavy (non-hydrogen) atoms. The molecule has 0 unspecified atom stereocenters. The third kappa shape index (κ3) is 2.23. The predicted molar refractivity (Wildman–Crippen MR) is 103 cm³/mol. The van der Waals surface area contributed by atoms with Crippen molar-refractivity contribution in [2.24, 2.45) is 0 Å². The molecule has 1 aliphatic heterocycles. The summed E-state index contributed by atoms with van der Waals surface area (Å²) in [5, 5.41) is 8.66. The first-order valence-corrected chi connectivity index (χ1v) is 10.9. The van der Waals surface area contributed by atoms with Crippen molar-refractivity contribution in [1.82, 2.24) is 4.98 Å². The standard InChI is InChI=1S/C18H12N2O2S3/c21-25(22)16-6-2-4-12-3-1-5-15(17(12)16)20(25)9-14-11-24-18(19-14)13-7-8-23-10-13/h1-8,10-11H,9H2. The Balaban J connectivity index is 1.59. The number of aromatic nitrogens is 1. The Labute approximate surface area is 153 Å². The first-order chi connectivity index (χ1) is 12.1. The summed E-state index contributed by atoms with van der Waals surface area (Å²) < 4.78 is 27.5. The molecule has 0 spiro atoms. The van der Waals surface area contributed by atoms with Gasteiger partial charge >= 0.3 is 0 Å². The van der Waals surface area contributed by atoms with Gasteiger partial charge in [-0.3, -0.25) is 4.31 Å². The number of rotatable bonds is 3. The highest BCUT2D eigenvalue weighted by molar-refractivity contribution is 7.93. The Morgan fingerprint density at radius 1 is 1.04 bits per heavy atom. The van der Waals surface area contributed by atoms with Gasteiger partial charge in [-0.25, -0.2) is 13.4 Å². The van der Waals surface area contributed by atoms with Crippen LogP contribution in [0.25, 0.3) is 21.3 Å². The van der Waals surface area contributed by atoms with Crippen molar-refractivity contribution < 1.29 is 8.42 Å². The molecule has 0 N–H and O–H groups in total. The molecular weight excluding hydrogens is 372 g/mol. The highest BCUT2D eigenvalue weighted by Crippen LogP contribution is 2.42. The summed E-state index contributed by atoms with van der Waals surface area (Å²) in [5.74, 6) is 0. The van der Waals surface area contributed by atoms with E-state index in [4.69, 9.17) is 0 Å². The molecule has 0 saturated heterocycles. The van der Waals surface area contributed by atoms with Gasteiger partial charge in [-0.15, -0.1) is 11.3 Å². The van der Waals surface area contributed by atoms with Crippen molar-refractivity contribution in [1.29, 1.82) is 0 Å². The average Bonchev–Trinajstić information content (AvgIpc) is 3.33. The van der Waals surface area contributed by atoms with Crippen LogP contribution in [0.4, 0.5) is 5.69 Å². The molecule has 0 aliphatic carbocycles. The molecule has 2 aromatic carbocycles. The second kappa shape index (κ2) is 5.39. The lowest BCUT2D eigenvalue weighted by Crippen LogP contribution is -2.26. The minimum Gasteiger partial charge on any atom is -0.260 e. The Morgan fingerprint density at radius 2 is 1.88 bits per heavy atom. The molecule has 124 valence electrons.